The van der Waals surface area contributed by atoms with Gasteiger partial charge in [0.25, 0.3) is 11.8 Å². The molecule has 0 aliphatic carbocycles. The lowest BCUT2D eigenvalue weighted by molar-refractivity contribution is -0.136. The molecule has 0 saturated carbocycles. The molecular formula is C21H20FN5O3. The number of aromatic nitrogens is 2. The zero-order chi connectivity index (χ0) is 21.4. The van der Waals surface area contributed by atoms with E-state index in [2.05, 4.69) is 15.3 Å². The third kappa shape index (κ3) is 3.32. The van der Waals surface area contributed by atoms with Crippen LogP contribution in [0, 0.1) is 5.95 Å². The van der Waals surface area contributed by atoms with E-state index < -0.39 is 12.0 Å². The van der Waals surface area contributed by atoms with Crippen molar-refractivity contribution in [2.75, 3.05) is 18.9 Å². The fourth-order valence-corrected chi connectivity index (χ4v) is 3.73. The van der Waals surface area contributed by atoms with Crippen molar-refractivity contribution in [3.63, 3.8) is 0 Å². The highest BCUT2D eigenvalue weighted by atomic mass is 19.1. The van der Waals surface area contributed by atoms with E-state index in [1.807, 2.05) is 0 Å². The van der Waals surface area contributed by atoms with Gasteiger partial charge in [-0.2, -0.15) is 4.39 Å². The molecule has 3 amide bonds. The molecule has 2 aromatic rings. The van der Waals surface area contributed by atoms with Crippen molar-refractivity contribution in [3.8, 4) is 11.1 Å². The normalized spacial score (nSPS) is 17.3. The molecule has 154 valence electrons. The number of anilines is 1. The van der Waals surface area contributed by atoms with Crippen LogP contribution in [0.25, 0.3) is 11.1 Å². The van der Waals surface area contributed by atoms with E-state index in [0.29, 0.717) is 47.6 Å². The second-order valence-electron chi connectivity index (χ2n) is 7.23. The first kappa shape index (κ1) is 19.7. The maximum Gasteiger partial charge on any atom is 0.277 e. The van der Waals surface area contributed by atoms with Gasteiger partial charge in [0, 0.05) is 42.7 Å². The highest BCUT2D eigenvalue weighted by molar-refractivity contribution is 6.19. The summed E-state index contributed by atoms with van der Waals surface area (Å²) in [4.78, 5) is 48.1. The first-order valence-corrected chi connectivity index (χ1v) is 9.58. The first-order valence-electron chi connectivity index (χ1n) is 9.58. The molecule has 2 aliphatic heterocycles. The molecule has 9 heteroatoms. The number of rotatable bonds is 4. The van der Waals surface area contributed by atoms with E-state index in [0.717, 1.165) is 4.90 Å². The van der Waals surface area contributed by atoms with E-state index in [1.54, 1.807) is 36.1 Å². The van der Waals surface area contributed by atoms with Gasteiger partial charge in [0.1, 0.15) is 17.6 Å². The van der Waals surface area contributed by atoms with E-state index in [9.17, 15) is 18.8 Å². The number of carbonyl (C=O) groups excluding carboxylic acids is 3. The zero-order valence-electron chi connectivity index (χ0n) is 16.6. The number of halogens is 1. The monoisotopic (exact) mass is 409 g/mol. The Labute approximate surface area is 172 Å². The van der Waals surface area contributed by atoms with Gasteiger partial charge in [-0.05, 0) is 44.0 Å². The second-order valence-corrected chi connectivity index (χ2v) is 7.23. The SMILES string of the molecule is CC(C(=O)Nc1ccc(-c2cccnc2F)cn1)N1CCCC2=C1C(=O)N(C)C2=O. The standard InChI is InChI=1S/C21H20FN5O3/c1-12(27-10-4-6-15-17(27)21(30)26(2)20(15)29)19(28)25-16-8-7-13(11-24-16)14-5-3-9-23-18(14)22/h3,5,7-9,11-12H,4,6,10H2,1-2H3,(H,24,25,28). The molecule has 0 aromatic carbocycles. The summed E-state index contributed by atoms with van der Waals surface area (Å²) in [7, 11) is 1.45. The Hall–Kier alpha value is -3.62. The number of pyridine rings is 2. The minimum Gasteiger partial charge on any atom is -0.355 e. The minimum atomic E-state index is -0.671. The van der Waals surface area contributed by atoms with Gasteiger partial charge in [0.05, 0.1) is 0 Å². The number of carbonyl (C=O) groups is 3. The highest BCUT2D eigenvalue weighted by Gasteiger charge is 2.42. The highest BCUT2D eigenvalue weighted by Crippen LogP contribution is 2.32. The van der Waals surface area contributed by atoms with E-state index in [1.165, 1.54) is 19.4 Å². The Morgan fingerprint density at radius 2 is 2.00 bits per heavy atom. The summed E-state index contributed by atoms with van der Waals surface area (Å²) in [6, 6.07) is 5.77. The molecule has 1 atom stereocenters. The fourth-order valence-electron chi connectivity index (χ4n) is 3.73. The number of likely N-dealkylation sites (N-methyl/N-ethyl adjacent to an activating group) is 1. The Morgan fingerprint density at radius 1 is 1.20 bits per heavy atom. The Bertz CT molecular complexity index is 1070. The van der Waals surface area contributed by atoms with Gasteiger partial charge in [-0.1, -0.05) is 0 Å². The average Bonchev–Trinajstić information content (AvgIpc) is 2.98. The van der Waals surface area contributed by atoms with E-state index in [4.69, 9.17) is 0 Å². The lowest BCUT2D eigenvalue weighted by Gasteiger charge is -2.33. The molecule has 0 radical (unpaired) electrons. The fraction of sp³-hybridized carbons (Fsp3) is 0.286. The van der Waals surface area contributed by atoms with Crippen molar-refractivity contribution in [1.82, 2.24) is 19.8 Å². The summed E-state index contributed by atoms with van der Waals surface area (Å²) < 4.78 is 13.8. The molecule has 2 aromatic heterocycles. The van der Waals surface area contributed by atoms with Crippen molar-refractivity contribution >= 4 is 23.5 Å². The Morgan fingerprint density at radius 3 is 2.70 bits per heavy atom. The van der Waals surface area contributed by atoms with Crippen molar-refractivity contribution in [1.29, 1.82) is 0 Å². The Kier molecular flexibility index (Phi) is 5.03. The molecule has 0 fully saturated rings. The summed E-state index contributed by atoms with van der Waals surface area (Å²) in [6.45, 7) is 2.19. The molecule has 0 bridgehead atoms. The number of hydrogen-bond acceptors (Lipinski definition) is 6. The maximum absolute atomic E-state index is 13.8. The molecule has 4 heterocycles. The average molecular weight is 409 g/mol. The predicted octanol–water partition coefficient (Wildman–Crippen LogP) is 1.96. The van der Waals surface area contributed by atoms with Gasteiger partial charge in [-0.3, -0.25) is 19.3 Å². The maximum atomic E-state index is 13.8. The lowest BCUT2D eigenvalue weighted by atomic mass is 10.0. The van der Waals surface area contributed by atoms with Crippen LogP contribution in [0.4, 0.5) is 10.2 Å². The van der Waals surface area contributed by atoms with Gasteiger partial charge in [0.15, 0.2) is 0 Å². The molecule has 8 nitrogen and oxygen atoms in total. The molecule has 0 spiro atoms. The van der Waals surface area contributed by atoms with Crippen LogP contribution >= 0.6 is 0 Å². The van der Waals surface area contributed by atoms with Crippen LogP contribution in [0.1, 0.15) is 19.8 Å². The van der Waals surface area contributed by atoms with Gasteiger partial charge in [-0.15, -0.1) is 0 Å². The largest absolute Gasteiger partial charge is 0.355 e. The molecule has 1 N–H and O–H groups in total. The summed E-state index contributed by atoms with van der Waals surface area (Å²) in [5, 5.41) is 2.72. The van der Waals surface area contributed by atoms with Gasteiger partial charge in [-0.25, -0.2) is 9.97 Å². The third-order valence-corrected chi connectivity index (χ3v) is 5.40. The quantitative estimate of drug-likeness (QED) is 0.613. The molecular weight excluding hydrogens is 389 g/mol. The van der Waals surface area contributed by atoms with Crippen molar-refractivity contribution in [2.24, 2.45) is 0 Å². The molecule has 4 rings (SSSR count). The van der Waals surface area contributed by atoms with Crippen molar-refractivity contribution in [2.45, 2.75) is 25.8 Å². The minimum absolute atomic E-state index is 0.299. The van der Waals surface area contributed by atoms with Crippen LogP contribution in [0.3, 0.4) is 0 Å². The molecule has 0 saturated heterocycles. The van der Waals surface area contributed by atoms with E-state index >= 15 is 0 Å². The van der Waals surface area contributed by atoms with Crippen LogP contribution < -0.4 is 5.32 Å². The first-order chi connectivity index (χ1) is 14.4. The third-order valence-electron chi connectivity index (χ3n) is 5.40. The summed E-state index contributed by atoms with van der Waals surface area (Å²) in [6.07, 6.45) is 4.04. The summed E-state index contributed by atoms with van der Waals surface area (Å²) >= 11 is 0. The van der Waals surface area contributed by atoms with Gasteiger partial charge in [0.2, 0.25) is 11.9 Å². The van der Waals surface area contributed by atoms with E-state index in [-0.39, 0.29) is 17.7 Å². The number of hydrogen-bond donors (Lipinski definition) is 1. The van der Waals surface area contributed by atoms with Crippen LogP contribution in [0.15, 0.2) is 47.9 Å². The van der Waals surface area contributed by atoms with Crippen molar-refractivity contribution < 1.29 is 18.8 Å². The van der Waals surface area contributed by atoms with Crippen LogP contribution in [-0.4, -0.2) is 57.1 Å². The number of amides is 3. The summed E-state index contributed by atoms with van der Waals surface area (Å²) in [5.74, 6) is -1.33. The zero-order valence-corrected chi connectivity index (χ0v) is 16.6. The summed E-state index contributed by atoms with van der Waals surface area (Å²) in [5.41, 5.74) is 1.63. The van der Waals surface area contributed by atoms with Crippen molar-refractivity contribution in [3.05, 3.63) is 53.9 Å². The number of imide groups is 1. The smallest absolute Gasteiger partial charge is 0.277 e. The van der Waals surface area contributed by atoms with Gasteiger partial charge < -0.3 is 10.2 Å². The molecule has 2 aliphatic rings. The van der Waals surface area contributed by atoms with Crippen LogP contribution in [0.2, 0.25) is 0 Å². The lowest BCUT2D eigenvalue weighted by Crippen LogP contribution is -2.45. The second kappa shape index (κ2) is 7.66. The van der Waals surface area contributed by atoms with Gasteiger partial charge >= 0.3 is 0 Å². The topological polar surface area (TPSA) is 95.5 Å². The number of nitrogens with zero attached hydrogens (tertiary/aromatic N) is 4. The van der Waals surface area contributed by atoms with Crippen LogP contribution in [-0.2, 0) is 14.4 Å². The molecule has 30 heavy (non-hydrogen) atoms. The Balaban J connectivity index is 1.50. The predicted molar refractivity (Wildman–Crippen MR) is 106 cm³/mol. The van der Waals surface area contributed by atoms with Crippen LogP contribution in [0.5, 0.6) is 0 Å². The number of nitrogens with one attached hydrogen (secondary N) is 1. The molecule has 1 unspecified atom stereocenters.